The van der Waals surface area contributed by atoms with E-state index in [0.29, 0.717) is 11.8 Å². The molecule has 0 bridgehead atoms. The van der Waals surface area contributed by atoms with Crippen LogP contribution in [-0.2, 0) is 26.2 Å². The molecule has 0 aliphatic carbocycles. The van der Waals surface area contributed by atoms with Crippen molar-refractivity contribution in [3.8, 4) is 0 Å². The van der Waals surface area contributed by atoms with Crippen LogP contribution in [0.4, 0.5) is 0 Å². The fourth-order valence-electron chi connectivity index (χ4n) is 3.82. The van der Waals surface area contributed by atoms with Crippen LogP contribution in [0.5, 0.6) is 0 Å². The Kier molecular flexibility index (Phi) is 11.7. The van der Waals surface area contributed by atoms with Crippen LogP contribution in [-0.4, -0.2) is 0 Å². The Morgan fingerprint density at radius 2 is 0.966 bits per heavy atom. The van der Waals surface area contributed by atoms with Gasteiger partial charge in [0.05, 0.1) is 0 Å². The number of rotatable bonds is 2. The Balaban J connectivity index is 0.000000490. The molecule has 152 valence electrons. The first kappa shape index (κ1) is 28.1. The zero-order chi connectivity index (χ0) is 18.8. The van der Waals surface area contributed by atoms with Crippen LogP contribution >= 0.6 is 0 Å². The third-order valence-electron chi connectivity index (χ3n) is 5.10. The molecule has 4 rings (SSSR count). The summed E-state index contributed by atoms with van der Waals surface area (Å²) in [4.78, 5) is 0. The molecule has 0 fully saturated rings. The van der Waals surface area contributed by atoms with Gasteiger partial charge in [0.25, 0.3) is 0 Å². The van der Waals surface area contributed by atoms with Gasteiger partial charge in [0.1, 0.15) is 0 Å². The summed E-state index contributed by atoms with van der Waals surface area (Å²) in [5.41, 5.74) is 5.66. The molecule has 0 unspecified atom stereocenters. The van der Waals surface area contributed by atoms with Crippen LogP contribution < -0.4 is 24.8 Å². The summed E-state index contributed by atoms with van der Waals surface area (Å²) in [6, 6.07) is 22.2. The van der Waals surface area contributed by atoms with Crippen LogP contribution in [0.15, 0.2) is 60.7 Å². The van der Waals surface area contributed by atoms with Gasteiger partial charge in [0.2, 0.25) is 0 Å². The Bertz CT molecular complexity index is 938. The first-order valence-corrected chi connectivity index (χ1v) is 9.68. The Morgan fingerprint density at radius 1 is 0.621 bits per heavy atom. The smallest absolute Gasteiger partial charge is 1.00 e. The third-order valence-corrected chi connectivity index (χ3v) is 5.10. The van der Waals surface area contributed by atoms with E-state index in [1.54, 1.807) is 0 Å². The molecule has 0 radical (unpaired) electrons. The summed E-state index contributed by atoms with van der Waals surface area (Å²) < 4.78 is 0. The Labute approximate surface area is 207 Å². The van der Waals surface area contributed by atoms with E-state index in [-0.39, 0.29) is 51.0 Å². The first-order valence-electron chi connectivity index (χ1n) is 9.68. The van der Waals surface area contributed by atoms with Crippen molar-refractivity contribution in [1.82, 2.24) is 0 Å². The van der Waals surface area contributed by atoms with E-state index < -0.39 is 0 Å². The van der Waals surface area contributed by atoms with Crippen molar-refractivity contribution in [2.24, 2.45) is 0 Å². The third kappa shape index (κ3) is 6.55. The second-order valence-electron chi connectivity index (χ2n) is 8.08. The van der Waals surface area contributed by atoms with E-state index in [9.17, 15) is 0 Å². The maximum atomic E-state index is 2.28. The largest absolute Gasteiger partial charge is 4.00 e. The number of fused-ring (bicyclic) bond motifs is 2. The van der Waals surface area contributed by atoms with E-state index in [1.165, 1.54) is 43.8 Å². The Hall–Kier alpha value is -0.877. The van der Waals surface area contributed by atoms with Gasteiger partial charge in [-0.3, -0.25) is 0 Å². The SMILES string of the molecule is Cc1cc2c(C(C)C)cccc2[cH-]1.Cc1cc2c(C(C)C)cccc2[cH-]1.[Cl-].[Cl-].[Zr+4]. The van der Waals surface area contributed by atoms with E-state index in [1.807, 2.05) is 0 Å². The summed E-state index contributed by atoms with van der Waals surface area (Å²) in [5, 5.41) is 5.61. The summed E-state index contributed by atoms with van der Waals surface area (Å²) >= 11 is 0. The zero-order valence-corrected chi connectivity index (χ0v) is 22.2. The number of aryl methyl sites for hydroxylation is 2. The minimum absolute atomic E-state index is 0. The number of benzene rings is 2. The van der Waals surface area contributed by atoms with Gasteiger partial charge in [-0.2, -0.15) is 12.1 Å². The van der Waals surface area contributed by atoms with Gasteiger partial charge in [-0.1, -0.05) is 64.8 Å². The summed E-state index contributed by atoms with van der Waals surface area (Å²) in [5.74, 6) is 1.23. The average Bonchev–Trinajstić information content (AvgIpc) is 3.14. The molecule has 0 aliphatic rings. The van der Waals surface area contributed by atoms with E-state index >= 15 is 0 Å². The fourth-order valence-corrected chi connectivity index (χ4v) is 3.82. The predicted octanol–water partition coefficient (Wildman–Crippen LogP) is 1.99. The molecule has 0 atom stereocenters. The van der Waals surface area contributed by atoms with Gasteiger partial charge in [0, 0.05) is 0 Å². The summed E-state index contributed by atoms with van der Waals surface area (Å²) in [6.07, 6.45) is 0. The molecule has 3 heteroatoms. The van der Waals surface area contributed by atoms with Crippen molar-refractivity contribution in [2.45, 2.75) is 53.4 Å². The van der Waals surface area contributed by atoms with Crippen LogP contribution in [0.1, 0.15) is 61.8 Å². The van der Waals surface area contributed by atoms with Gasteiger partial charge in [-0.25, -0.2) is 0 Å². The molecule has 0 N–H and O–H groups in total. The second kappa shape index (κ2) is 12.1. The van der Waals surface area contributed by atoms with Gasteiger partial charge in [-0.15, -0.1) is 69.1 Å². The molecule has 0 aromatic heterocycles. The van der Waals surface area contributed by atoms with Crippen LogP contribution in [0.25, 0.3) is 21.5 Å². The predicted molar refractivity (Wildman–Crippen MR) is 117 cm³/mol. The molecular formula is C26H30Cl2Zr. The van der Waals surface area contributed by atoms with Crippen LogP contribution in [0, 0.1) is 13.8 Å². The van der Waals surface area contributed by atoms with Crippen LogP contribution in [0.2, 0.25) is 0 Å². The van der Waals surface area contributed by atoms with Gasteiger partial charge in [0.15, 0.2) is 0 Å². The molecule has 4 aromatic rings. The van der Waals surface area contributed by atoms with E-state index in [0.717, 1.165) is 0 Å². The minimum atomic E-state index is 0. The fraction of sp³-hybridized carbons (Fsp3) is 0.308. The topological polar surface area (TPSA) is 0 Å². The molecule has 0 saturated heterocycles. The quantitative estimate of drug-likeness (QED) is 0.367. The van der Waals surface area contributed by atoms with Gasteiger partial charge >= 0.3 is 26.2 Å². The Morgan fingerprint density at radius 3 is 1.28 bits per heavy atom. The van der Waals surface area contributed by atoms with Gasteiger partial charge < -0.3 is 24.8 Å². The molecule has 0 heterocycles. The average molecular weight is 505 g/mol. The number of hydrogen-bond acceptors (Lipinski definition) is 0. The first-order chi connectivity index (χ1) is 12.4. The molecule has 0 spiro atoms. The molecule has 29 heavy (non-hydrogen) atoms. The summed E-state index contributed by atoms with van der Waals surface area (Å²) in [7, 11) is 0. The zero-order valence-electron chi connectivity index (χ0n) is 18.2. The molecule has 0 nitrogen and oxygen atoms in total. The van der Waals surface area contributed by atoms with Crippen molar-refractivity contribution in [3.63, 3.8) is 0 Å². The molecule has 0 aliphatic heterocycles. The van der Waals surface area contributed by atoms with Crippen molar-refractivity contribution >= 4 is 21.5 Å². The minimum Gasteiger partial charge on any atom is -1.00 e. The number of hydrogen-bond donors (Lipinski definition) is 0. The van der Waals surface area contributed by atoms with E-state index in [4.69, 9.17) is 0 Å². The van der Waals surface area contributed by atoms with Crippen molar-refractivity contribution < 1.29 is 51.0 Å². The molecule has 4 aromatic carbocycles. The van der Waals surface area contributed by atoms with Crippen molar-refractivity contribution in [3.05, 3.63) is 82.9 Å². The maximum absolute atomic E-state index is 2.28. The van der Waals surface area contributed by atoms with Crippen LogP contribution in [0.3, 0.4) is 0 Å². The van der Waals surface area contributed by atoms with E-state index in [2.05, 4.69) is 102 Å². The van der Waals surface area contributed by atoms with Gasteiger partial charge in [-0.05, 0) is 11.8 Å². The number of halogens is 2. The molecular weight excluding hydrogens is 474 g/mol. The molecule has 0 saturated carbocycles. The van der Waals surface area contributed by atoms with Crippen molar-refractivity contribution in [1.29, 1.82) is 0 Å². The second-order valence-corrected chi connectivity index (χ2v) is 8.08. The van der Waals surface area contributed by atoms with Crippen molar-refractivity contribution in [2.75, 3.05) is 0 Å². The summed E-state index contributed by atoms with van der Waals surface area (Å²) in [6.45, 7) is 13.3. The standard InChI is InChI=1S/2C13H15.2ClH.Zr/c2*1-9(2)12-6-4-5-11-7-10(3)8-13(11)12;;;/h2*4-9H,1-3H3;2*1H;/q2*-1;;;+4/p-2. The molecule has 0 amide bonds. The monoisotopic (exact) mass is 502 g/mol. The normalized spacial score (nSPS) is 10.2. The maximum Gasteiger partial charge on any atom is 4.00 e.